The lowest BCUT2D eigenvalue weighted by atomic mass is 10.1. The summed E-state index contributed by atoms with van der Waals surface area (Å²) < 4.78 is 53.7. The monoisotopic (exact) mass is 1830 g/mol. The summed E-state index contributed by atoms with van der Waals surface area (Å²) in [5.41, 5.74) is 32.5. The van der Waals surface area contributed by atoms with Gasteiger partial charge in [-0.1, -0.05) is 106 Å². The third kappa shape index (κ3) is 18.1. The summed E-state index contributed by atoms with van der Waals surface area (Å²) in [5.74, 6) is 6.16. The molecular formula is C95H96F2N32O7. The first kappa shape index (κ1) is 91.0. The van der Waals surface area contributed by atoms with Crippen molar-refractivity contribution in [1.29, 1.82) is 0 Å². The molecule has 0 unspecified atom stereocenters. The van der Waals surface area contributed by atoms with Gasteiger partial charge >= 0.3 is 0 Å². The first-order valence-electron chi connectivity index (χ1n) is 44.2. The van der Waals surface area contributed by atoms with Crippen molar-refractivity contribution in [2.45, 2.75) is 164 Å². The van der Waals surface area contributed by atoms with Crippen LogP contribution in [-0.4, -0.2) is 118 Å². The molecule has 12 aromatic heterocycles. The van der Waals surface area contributed by atoms with E-state index in [1.54, 1.807) is 87.6 Å². The molecule has 18 aromatic rings. The van der Waals surface area contributed by atoms with Crippen LogP contribution in [0.1, 0.15) is 178 Å². The number of para-hydroxylation sites is 2. The van der Waals surface area contributed by atoms with Crippen molar-refractivity contribution in [3.05, 3.63) is 275 Å². The summed E-state index contributed by atoms with van der Waals surface area (Å²) in [7, 11) is 1.75. The molecule has 2 aliphatic rings. The number of hydrogen-bond donors (Lipinski definition) is 8. The lowest BCUT2D eigenvalue weighted by molar-refractivity contribution is 0.425. The van der Waals surface area contributed by atoms with Gasteiger partial charge in [0.15, 0.2) is 11.6 Å². The highest BCUT2D eigenvalue weighted by molar-refractivity contribution is 5.86. The first-order chi connectivity index (χ1) is 65.7. The number of halogens is 2. The van der Waals surface area contributed by atoms with Crippen LogP contribution in [0.2, 0.25) is 0 Å². The van der Waals surface area contributed by atoms with Crippen molar-refractivity contribution >= 4 is 90.2 Å². The minimum absolute atomic E-state index is 0.00150. The Kier molecular flexibility index (Phi) is 25.8. The third-order valence-electron chi connectivity index (χ3n) is 23.4. The number of aryl methyl sites for hydroxylation is 8. The van der Waals surface area contributed by atoms with Crippen LogP contribution in [0.3, 0.4) is 0 Å². The molecule has 4 atom stereocenters. The Morgan fingerprint density at radius 1 is 0.404 bits per heavy atom. The molecule has 0 amide bonds. The Morgan fingerprint density at radius 2 is 0.787 bits per heavy atom. The Labute approximate surface area is 774 Å². The van der Waals surface area contributed by atoms with Gasteiger partial charge in [-0.05, 0) is 164 Å². The quantitative estimate of drug-likeness (QED) is 0.0278. The number of oxazole rings is 1. The number of rotatable bonds is 24. The van der Waals surface area contributed by atoms with Crippen molar-refractivity contribution in [2.75, 3.05) is 44.2 Å². The molecule has 0 saturated heterocycles. The van der Waals surface area contributed by atoms with E-state index in [1.807, 2.05) is 140 Å². The largest absolute Gasteiger partial charge is 0.441 e. The van der Waals surface area contributed by atoms with Crippen molar-refractivity contribution in [2.24, 2.45) is 7.05 Å². The number of nitrogens with two attached hydrogens (primary N) is 4. The number of nitrogens with one attached hydrogen (secondary N) is 4. The summed E-state index contributed by atoms with van der Waals surface area (Å²) in [6.07, 6.45) is 14.4. The molecule has 12 N–H and O–H groups in total. The van der Waals surface area contributed by atoms with E-state index in [1.165, 1.54) is 37.4 Å². The second kappa shape index (κ2) is 38.5. The molecule has 2 saturated carbocycles. The van der Waals surface area contributed by atoms with Gasteiger partial charge in [0.25, 0.3) is 34.0 Å². The number of nitrogen functional groups attached to an aromatic ring is 4. The fraction of sp³-hybridized carbons (Fsp3) is 0.274. The van der Waals surface area contributed by atoms with Crippen LogP contribution in [0.5, 0.6) is 0 Å². The van der Waals surface area contributed by atoms with Crippen LogP contribution >= 0.6 is 0 Å². The highest BCUT2D eigenvalue weighted by atomic mass is 19.1. The van der Waals surface area contributed by atoms with E-state index < -0.39 is 23.7 Å². The Balaban J connectivity index is 0.000000126. The lowest BCUT2D eigenvalue weighted by Gasteiger charge is -2.24. The zero-order valence-electron chi connectivity index (χ0n) is 76.3. The molecule has 2 aliphatic carbocycles. The van der Waals surface area contributed by atoms with Gasteiger partial charge in [0, 0.05) is 26.1 Å². The molecule has 39 nitrogen and oxygen atoms in total. The molecule has 2 fully saturated rings. The van der Waals surface area contributed by atoms with Gasteiger partial charge in [-0.3, -0.25) is 42.1 Å². The minimum Gasteiger partial charge on any atom is -0.441 e. The normalized spacial score (nSPS) is 13.3. The molecule has 41 heteroatoms. The predicted octanol–water partition coefficient (Wildman–Crippen LogP) is 15.0. The molecule has 136 heavy (non-hydrogen) atoms. The highest BCUT2D eigenvalue weighted by Crippen LogP contribution is 2.43. The molecule has 692 valence electrons. The zero-order chi connectivity index (χ0) is 95.6. The molecule has 20 rings (SSSR count). The number of aromatic nitrogens is 24. The van der Waals surface area contributed by atoms with Crippen LogP contribution in [0.4, 0.5) is 55.3 Å². The summed E-state index contributed by atoms with van der Waals surface area (Å²) in [5, 5.41) is 30.8. The van der Waals surface area contributed by atoms with E-state index >= 15 is 0 Å². The number of hydrogen-bond acceptors (Lipinski definition) is 34. The number of fused-ring (bicyclic) bond motifs is 4. The number of nitrogens with zero attached hydrogens (tertiary/aromatic N) is 24. The van der Waals surface area contributed by atoms with Gasteiger partial charge in [0.2, 0.25) is 11.8 Å². The molecule has 6 aromatic carbocycles. The molecule has 0 spiro atoms. The van der Waals surface area contributed by atoms with Crippen LogP contribution in [0.25, 0.3) is 101 Å². The topological polar surface area (TPSA) is 529 Å². The van der Waals surface area contributed by atoms with Crippen molar-refractivity contribution in [1.82, 2.24) is 118 Å². The second-order valence-electron chi connectivity index (χ2n) is 32.9. The van der Waals surface area contributed by atoms with E-state index in [0.29, 0.717) is 157 Å². The van der Waals surface area contributed by atoms with E-state index in [-0.39, 0.29) is 92.2 Å². The molecule has 0 radical (unpaired) electrons. The second-order valence-corrected chi connectivity index (χ2v) is 32.9. The Morgan fingerprint density at radius 3 is 1.16 bits per heavy atom. The van der Waals surface area contributed by atoms with E-state index in [2.05, 4.69) is 102 Å². The Bertz CT molecular complexity index is 7400. The molecule has 0 bridgehead atoms. The van der Waals surface area contributed by atoms with Gasteiger partial charge in [-0.25, -0.2) is 78.6 Å². The van der Waals surface area contributed by atoms with Crippen molar-refractivity contribution in [3.63, 3.8) is 0 Å². The van der Waals surface area contributed by atoms with Gasteiger partial charge < -0.3 is 57.6 Å². The zero-order valence-corrected chi connectivity index (χ0v) is 76.3. The molecule has 12 heterocycles. The van der Waals surface area contributed by atoms with Crippen LogP contribution in [-0.2, 0) is 7.05 Å². The number of benzene rings is 6. The maximum Gasteiger partial charge on any atom is 0.266 e. The lowest BCUT2D eigenvalue weighted by Crippen LogP contribution is -2.29. The fourth-order valence-corrected chi connectivity index (χ4v) is 16.4. The number of anilines is 8. The highest BCUT2D eigenvalue weighted by Gasteiger charge is 2.36. The van der Waals surface area contributed by atoms with Gasteiger partial charge in [-0.2, -0.15) is 10.1 Å². The summed E-state index contributed by atoms with van der Waals surface area (Å²) in [6.45, 7) is 21.0. The van der Waals surface area contributed by atoms with Crippen LogP contribution in [0.15, 0.2) is 192 Å². The van der Waals surface area contributed by atoms with E-state index in [9.17, 15) is 28.0 Å². The standard InChI is InChI=1S/C27H27N7O2.C26H26N8O2.C21H22FN9O.C21H21FN8O2/c1-5-18(32-24-22(23(28)30-14-31-24)26-29-13-17(4)36-26)25-33-19-11-8-10-16(3)21(19)27(35)34(25)20-12-7-6-9-15(20)2;1-5-17(31-23-21(22(27)28-13-29-23)25-30-16(4)33-36-25)24-32-18-11-8-10-15(3)20(18)26(35)34(24)19-12-7-6-9-14(19)2;1-3-13(27-18-16(17(23)24-9-25-18)19-26-10-30(2)29-19)20-28-14-6-4-5-12(22)15(14)21(32)31(20)11-7-8-11;1-3-13(26-18-16(17(23)24-9-25-18)20-29-28-10(2)32-20)19-27-14-6-4-5-12(22)15(14)21(31)30(19)11-7-8-11/h6-14,18H,5H2,1-4H3,(H3,28,30,31,32);6-13,17H,5H2,1-4H3,(H3,27,28,29,31);4-6,9-11,13H,3,7-8H2,1-2H3,(H3,23,24,25,27);4-6,9,11,13H,3,7-8H2,1-2H3,(H3,23,24,25,26)/t18-;17-;2*13-/m0000/s1. The van der Waals surface area contributed by atoms with Crippen molar-refractivity contribution < 1.29 is 22.1 Å². The van der Waals surface area contributed by atoms with Crippen LogP contribution < -0.4 is 66.4 Å². The summed E-state index contributed by atoms with van der Waals surface area (Å²) in [4.78, 5) is 121. The average molecular weight is 1840 g/mol. The Hall–Kier alpha value is -16.9. The molecular weight excluding hydrogens is 1740 g/mol. The minimum atomic E-state index is -0.570. The summed E-state index contributed by atoms with van der Waals surface area (Å²) >= 11 is 0. The van der Waals surface area contributed by atoms with Crippen molar-refractivity contribution in [3.8, 4) is 57.1 Å². The smallest absolute Gasteiger partial charge is 0.266 e. The van der Waals surface area contributed by atoms with Gasteiger partial charge in [-0.15, -0.1) is 10.2 Å². The van der Waals surface area contributed by atoms with Gasteiger partial charge in [0.1, 0.15) is 152 Å². The average Bonchev–Trinajstić information content (AvgIpc) is 1.57. The molecule has 0 aliphatic heterocycles. The predicted molar refractivity (Wildman–Crippen MR) is 511 cm³/mol. The SMILES string of the molecule is CC[C@H](Nc1ncnc(N)c1-c1nc(C)no1)c1nc2cccc(C)c2c(=O)n1-c1ccccc1C.CC[C@H](Nc1ncnc(N)c1-c1ncc(C)o1)c1nc2cccc(C)c2c(=O)n1-c1ccccc1C.CC[C@H](Nc1ncnc(N)c1-c1ncn(C)n1)c1nc2cccc(F)c2c(=O)n1C1CC1.CC[C@H](Nc1ncnc(N)c1-c1nnc(C)o1)c1nc2cccc(F)c2c(=O)n1C1CC1. The van der Waals surface area contributed by atoms with Gasteiger partial charge in [0.05, 0.1) is 74.6 Å². The maximum absolute atomic E-state index is 14.4. The van der Waals surface area contributed by atoms with Crippen LogP contribution in [0, 0.1) is 60.1 Å². The third-order valence-corrected chi connectivity index (χ3v) is 23.4. The summed E-state index contributed by atoms with van der Waals surface area (Å²) in [6, 6.07) is 34.3. The maximum atomic E-state index is 14.4. The van der Waals surface area contributed by atoms with E-state index in [0.717, 1.165) is 59.3 Å². The first-order valence-corrected chi connectivity index (χ1v) is 44.2. The van der Waals surface area contributed by atoms with E-state index in [4.69, 9.17) is 51.2 Å². The fourth-order valence-electron chi connectivity index (χ4n) is 16.4.